The summed E-state index contributed by atoms with van der Waals surface area (Å²) in [5.74, 6) is 0.0134. The van der Waals surface area contributed by atoms with Crippen molar-refractivity contribution >= 4 is 35.2 Å². The number of methoxy groups -OCH3 is 1. The van der Waals surface area contributed by atoms with Gasteiger partial charge in [-0.1, -0.05) is 42.1 Å². The third kappa shape index (κ3) is 6.91. The monoisotopic (exact) mass is 467 g/mol. The van der Waals surface area contributed by atoms with Crippen LogP contribution in [0, 0.1) is 0 Å². The summed E-state index contributed by atoms with van der Waals surface area (Å²) in [4.78, 5) is 36.0. The Labute approximate surface area is 195 Å². The summed E-state index contributed by atoms with van der Waals surface area (Å²) in [5.41, 5.74) is 1.92. The summed E-state index contributed by atoms with van der Waals surface area (Å²) in [6, 6.07) is 16.0. The van der Waals surface area contributed by atoms with Gasteiger partial charge in [0, 0.05) is 12.2 Å². The lowest BCUT2D eigenvalue weighted by molar-refractivity contribution is -0.120. The van der Waals surface area contributed by atoms with E-state index in [1.54, 1.807) is 24.3 Å². The van der Waals surface area contributed by atoms with Crippen LogP contribution in [0.3, 0.4) is 0 Å². The van der Waals surface area contributed by atoms with E-state index >= 15 is 0 Å². The Kier molecular flexibility index (Phi) is 8.59. The van der Waals surface area contributed by atoms with Gasteiger partial charge in [-0.05, 0) is 36.8 Å². The van der Waals surface area contributed by atoms with Crippen LogP contribution >= 0.6 is 11.8 Å². The molecule has 0 aliphatic heterocycles. The Bertz CT molecular complexity index is 1100. The molecule has 2 N–H and O–H groups in total. The highest BCUT2D eigenvalue weighted by Gasteiger charge is 2.14. The molecule has 0 spiro atoms. The second-order valence-electron chi connectivity index (χ2n) is 6.99. The number of carbonyl (C=O) groups is 3. The average molecular weight is 468 g/mol. The van der Waals surface area contributed by atoms with Gasteiger partial charge in [-0.15, -0.1) is 10.2 Å². The molecule has 9 nitrogen and oxygen atoms in total. The van der Waals surface area contributed by atoms with Gasteiger partial charge in [0.15, 0.2) is 11.0 Å². The Morgan fingerprint density at radius 2 is 1.73 bits per heavy atom. The van der Waals surface area contributed by atoms with Crippen molar-refractivity contribution in [2.24, 2.45) is 0 Å². The van der Waals surface area contributed by atoms with Crippen LogP contribution in [0.5, 0.6) is 0 Å². The van der Waals surface area contributed by atoms with Gasteiger partial charge < -0.3 is 19.9 Å². The molecular formula is C23H25N5O4S. The fourth-order valence-corrected chi connectivity index (χ4v) is 3.85. The third-order valence-corrected chi connectivity index (χ3v) is 5.65. The van der Waals surface area contributed by atoms with Crippen molar-refractivity contribution in [2.45, 2.75) is 31.6 Å². The molecule has 33 heavy (non-hydrogen) atoms. The van der Waals surface area contributed by atoms with E-state index in [1.807, 2.05) is 41.8 Å². The van der Waals surface area contributed by atoms with Crippen LogP contribution in [0.2, 0.25) is 0 Å². The number of hydrogen-bond acceptors (Lipinski definition) is 7. The summed E-state index contributed by atoms with van der Waals surface area (Å²) in [6.45, 7) is 2.81. The number of anilines is 1. The number of carbonyl (C=O) groups excluding carboxylic acids is 3. The second-order valence-corrected chi connectivity index (χ2v) is 7.93. The van der Waals surface area contributed by atoms with Crippen LogP contribution in [0.15, 0.2) is 59.8 Å². The third-order valence-electron chi connectivity index (χ3n) is 4.68. The van der Waals surface area contributed by atoms with E-state index in [4.69, 9.17) is 0 Å². The number of hydrogen-bond donors (Lipinski definition) is 2. The molecule has 0 radical (unpaired) electrons. The van der Waals surface area contributed by atoms with Gasteiger partial charge in [-0.3, -0.25) is 9.59 Å². The molecule has 0 aliphatic rings. The van der Waals surface area contributed by atoms with Crippen molar-refractivity contribution in [3.8, 4) is 0 Å². The zero-order valence-electron chi connectivity index (χ0n) is 18.4. The lowest BCUT2D eigenvalue weighted by Gasteiger charge is -2.09. The van der Waals surface area contributed by atoms with Crippen LogP contribution in [-0.2, 0) is 33.8 Å². The minimum atomic E-state index is -0.436. The number of benzene rings is 2. The van der Waals surface area contributed by atoms with Gasteiger partial charge in [0.05, 0.1) is 31.4 Å². The van der Waals surface area contributed by atoms with Crippen LogP contribution < -0.4 is 10.6 Å². The highest BCUT2D eigenvalue weighted by Crippen LogP contribution is 2.18. The quantitative estimate of drug-likeness (QED) is 0.348. The van der Waals surface area contributed by atoms with E-state index < -0.39 is 5.97 Å². The van der Waals surface area contributed by atoms with Gasteiger partial charge in [0.1, 0.15) is 0 Å². The maximum absolute atomic E-state index is 12.3. The summed E-state index contributed by atoms with van der Waals surface area (Å²) >= 11 is 1.26. The number of esters is 1. The maximum Gasteiger partial charge on any atom is 0.337 e. The van der Waals surface area contributed by atoms with Crippen LogP contribution in [0.4, 0.5) is 5.69 Å². The lowest BCUT2D eigenvalue weighted by Crippen LogP contribution is -2.26. The molecule has 0 saturated heterocycles. The van der Waals surface area contributed by atoms with Gasteiger partial charge in [-0.2, -0.15) is 0 Å². The summed E-state index contributed by atoms with van der Waals surface area (Å²) in [6.07, 6.45) is 0.295. The molecule has 1 heterocycles. The molecule has 0 unspecified atom stereocenters. The molecule has 1 aromatic heterocycles. The number of ether oxygens (including phenoxy) is 1. The number of nitrogens with zero attached hydrogens (tertiary/aromatic N) is 3. The molecule has 0 aliphatic carbocycles. The SMILES string of the molecule is CCn1c(CNC(=O)Cc2ccccc2)nnc1SCC(=O)Nc1ccc(C(=O)OC)cc1. The van der Waals surface area contributed by atoms with Gasteiger partial charge in [0.2, 0.25) is 11.8 Å². The van der Waals surface area contributed by atoms with Crippen LogP contribution in [-0.4, -0.2) is 45.4 Å². The minimum Gasteiger partial charge on any atom is -0.465 e. The van der Waals surface area contributed by atoms with Crippen LogP contribution in [0.25, 0.3) is 0 Å². The topological polar surface area (TPSA) is 115 Å². The standard InChI is InChI=1S/C23H25N5O4S/c1-3-28-19(14-24-20(29)13-16-7-5-4-6-8-16)26-27-23(28)33-15-21(30)25-18-11-9-17(10-12-18)22(31)32-2/h4-12H,3,13-15H2,1-2H3,(H,24,29)(H,25,30). The number of nitrogens with one attached hydrogen (secondary N) is 2. The molecule has 2 amide bonds. The van der Waals surface area contributed by atoms with Crippen molar-refractivity contribution in [3.05, 3.63) is 71.5 Å². The van der Waals surface area contributed by atoms with E-state index in [9.17, 15) is 14.4 Å². The van der Waals surface area contributed by atoms with Crippen molar-refractivity contribution in [2.75, 3.05) is 18.2 Å². The molecule has 0 saturated carbocycles. The van der Waals surface area contributed by atoms with E-state index in [0.29, 0.717) is 35.2 Å². The molecule has 0 atom stereocenters. The molecule has 0 bridgehead atoms. The zero-order valence-corrected chi connectivity index (χ0v) is 19.2. The Balaban J connectivity index is 1.50. The summed E-state index contributed by atoms with van der Waals surface area (Å²) < 4.78 is 6.52. The highest BCUT2D eigenvalue weighted by molar-refractivity contribution is 7.99. The van der Waals surface area contributed by atoms with Gasteiger partial charge in [-0.25, -0.2) is 4.79 Å². The largest absolute Gasteiger partial charge is 0.465 e. The lowest BCUT2D eigenvalue weighted by atomic mass is 10.1. The normalized spacial score (nSPS) is 10.5. The first-order chi connectivity index (χ1) is 16.0. The predicted molar refractivity (Wildman–Crippen MR) is 125 cm³/mol. The average Bonchev–Trinajstić information content (AvgIpc) is 3.24. The van der Waals surface area contributed by atoms with Crippen molar-refractivity contribution in [1.29, 1.82) is 0 Å². The van der Waals surface area contributed by atoms with Gasteiger partial charge >= 0.3 is 5.97 Å². The van der Waals surface area contributed by atoms with E-state index in [0.717, 1.165) is 5.56 Å². The molecule has 172 valence electrons. The molecule has 3 rings (SSSR count). The molecular weight excluding hydrogens is 442 g/mol. The Morgan fingerprint density at radius 1 is 1.00 bits per heavy atom. The number of aromatic nitrogens is 3. The minimum absolute atomic E-state index is 0.0985. The molecule has 0 fully saturated rings. The fraction of sp³-hybridized carbons (Fsp3) is 0.261. The first kappa shape index (κ1) is 24.0. The fourth-order valence-electron chi connectivity index (χ4n) is 3.03. The summed E-state index contributed by atoms with van der Waals surface area (Å²) in [5, 5.41) is 14.6. The molecule has 10 heteroatoms. The van der Waals surface area contributed by atoms with Crippen LogP contribution in [0.1, 0.15) is 28.7 Å². The van der Waals surface area contributed by atoms with E-state index in [-0.39, 0.29) is 24.1 Å². The maximum atomic E-state index is 12.3. The smallest absolute Gasteiger partial charge is 0.337 e. The summed E-state index contributed by atoms with van der Waals surface area (Å²) in [7, 11) is 1.31. The van der Waals surface area contributed by atoms with Crippen molar-refractivity contribution < 1.29 is 19.1 Å². The molecule has 3 aromatic rings. The van der Waals surface area contributed by atoms with E-state index in [2.05, 4.69) is 25.6 Å². The Morgan fingerprint density at radius 3 is 2.39 bits per heavy atom. The molecule has 2 aromatic carbocycles. The van der Waals surface area contributed by atoms with E-state index in [1.165, 1.54) is 18.9 Å². The highest BCUT2D eigenvalue weighted by atomic mass is 32.2. The van der Waals surface area contributed by atoms with Crippen molar-refractivity contribution in [1.82, 2.24) is 20.1 Å². The number of rotatable bonds is 10. The van der Waals surface area contributed by atoms with Crippen molar-refractivity contribution in [3.63, 3.8) is 0 Å². The number of thioether (sulfide) groups is 1. The Hall–Kier alpha value is -3.66. The second kappa shape index (κ2) is 11.8. The first-order valence-electron chi connectivity index (χ1n) is 10.3. The predicted octanol–water partition coefficient (Wildman–Crippen LogP) is 2.67. The number of amides is 2. The zero-order chi connectivity index (χ0) is 23.6. The van der Waals surface area contributed by atoms with Gasteiger partial charge in [0.25, 0.3) is 0 Å². The first-order valence-corrected chi connectivity index (χ1v) is 11.3.